The summed E-state index contributed by atoms with van der Waals surface area (Å²) in [5.74, 6) is 1.85. The maximum absolute atomic E-state index is 8.66. The van der Waals surface area contributed by atoms with Crippen LogP contribution < -0.4 is 0 Å². The second-order valence-electron chi connectivity index (χ2n) is 3.23. The van der Waals surface area contributed by atoms with Crippen LogP contribution in [0.25, 0.3) is 11.4 Å². The van der Waals surface area contributed by atoms with Crippen molar-refractivity contribution >= 4 is 0 Å². The third kappa shape index (κ3) is 2.07. The zero-order valence-electron chi connectivity index (χ0n) is 8.43. The maximum atomic E-state index is 8.66. The molecule has 0 bridgehead atoms. The summed E-state index contributed by atoms with van der Waals surface area (Å²) in [6.07, 6.45) is 2.82. The lowest BCUT2D eigenvalue weighted by Gasteiger charge is -1.89. The van der Waals surface area contributed by atoms with Gasteiger partial charge in [0, 0.05) is 13.0 Å². The van der Waals surface area contributed by atoms with Gasteiger partial charge in [-0.1, -0.05) is 5.16 Å². The number of hydrogen-bond donors (Lipinski definition) is 1. The lowest BCUT2D eigenvalue weighted by Crippen LogP contribution is -1.89. The van der Waals surface area contributed by atoms with Crippen molar-refractivity contribution in [1.82, 2.24) is 10.1 Å². The van der Waals surface area contributed by atoms with Crippen LogP contribution in [0.5, 0.6) is 0 Å². The predicted octanol–water partition coefficient (Wildman–Crippen LogP) is 1.56. The molecule has 0 saturated carbocycles. The first kappa shape index (κ1) is 9.92. The molecular weight excluding hydrogens is 196 g/mol. The summed E-state index contributed by atoms with van der Waals surface area (Å²) >= 11 is 0. The van der Waals surface area contributed by atoms with E-state index in [1.54, 1.807) is 12.3 Å². The molecule has 0 aliphatic heterocycles. The molecule has 0 spiro atoms. The van der Waals surface area contributed by atoms with Crippen molar-refractivity contribution < 1.29 is 14.0 Å². The zero-order chi connectivity index (χ0) is 10.7. The number of aliphatic hydroxyl groups excluding tert-OH is 1. The molecule has 15 heavy (non-hydrogen) atoms. The molecule has 80 valence electrons. The third-order valence-corrected chi connectivity index (χ3v) is 2.12. The van der Waals surface area contributed by atoms with Crippen LogP contribution in [0, 0.1) is 6.92 Å². The molecule has 0 saturated heterocycles. The summed E-state index contributed by atoms with van der Waals surface area (Å²) in [5.41, 5.74) is 0.842. The highest BCUT2D eigenvalue weighted by Gasteiger charge is 2.12. The van der Waals surface area contributed by atoms with Gasteiger partial charge in [0.05, 0.1) is 11.8 Å². The molecule has 0 aliphatic carbocycles. The highest BCUT2D eigenvalue weighted by atomic mass is 16.5. The number of nitrogens with zero attached hydrogens (tertiary/aromatic N) is 2. The Morgan fingerprint density at radius 3 is 3.00 bits per heavy atom. The van der Waals surface area contributed by atoms with Gasteiger partial charge < -0.3 is 14.0 Å². The van der Waals surface area contributed by atoms with Crippen molar-refractivity contribution in [3.63, 3.8) is 0 Å². The minimum Gasteiger partial charge on any atom is -0.469 e. The Bertz CT molecular complexity index is 433. The normalized spacial score (nSPS) is 10.8. The van der Waals surface area contributed by atoms with Crippen LogP contribution in [0.2, 0.25) is 0 Å². The number of aryl methyl sites for hydroxylation is 2. The lowest BCUT2D eigenvalue weighted by molar-refractivity contribution is 0.278. The standard InChI is InChI=1S/C10H12N2O3/c1-7-8(4-6-14-7)10-11-9(15-12-10)3-2-5-13/h4,6,13H,2-3,5H2,1H3. The fourth-order valence-electron chi connectivity index (χ4n) is 1.31. The van der Waals surface area contributed by atoms with E-state index in [1.165, 1.54) is 0 Å². The minimum atomic E-state index is 0.127. The molecule has 0 unspecified atom stereocenters. The first-order valence-electron chi connectivity index (χ1n) is 4.79. The second-order valence-corrected chi connectivity index (χ2v) is 3.23. The highest BCUT2D eigenvalue weighted by molar-refractivity contribution is 5.55. The van der Waals surface area contributed by atoms with Crippen molar-refractivity contribution in [2.45, 2.75) is 19.8 Å². The van der Waals surface area contributed by atoms with Crippen LogP contribution in [-0.4, -0.2) is 21.9 Å². The van der Waals surface area contributed by atoms with Crippen LogP contribution in [0.3, 0.4) is 0 Å². The Morgan fingerprint density at radius 2 is 2.33 bits per heavy atom. The molecule has 5 heteroatoms. The monoisotopic (exact) mass is 208 g/mol. The molecular formula is C10H12N2O3. The molecule has 0 atom stereocenters. The van der Waals surface area contributed by atoms with Crippen LogP contribution in [0.4, 0.5) is 0 Å². The lowest BCUT2D eigenvalue weighted by atomic mass is 10.2. The first-order chi connectivity index (χ1) is 7.31. The Labute approximate surface area is 86.7 Å². The largest absolute Gasteiger partial charge is 0.469 e. The Kier molecular flexibility index (Phi) is 2.82. The van der Waals surface area contributed by atoms with Gasteiger partial charge in [0.25, 0.3) is 0 Å². The van der Waals surface area contributed by atoms with E-state index < -0.39 is 0 Å². The average molecular weight is 208 g/mol. The SMILES string of the molecule is Cc1occc1-c1noc(CCCO)n1. The van der Waals surface area contributed by atoms with Gasteiger partial charge in [-0.15, -0.1) is 0 Å². The van der Waals surface area contributed by atoms with Gasteiger partial charge in [-0.3, -0.25) is 0 Å². The molecule has 0 aliphatic rings. The van der Waals surface area contributed by atoms with Crippen molar-refractivity contribution in [3.8, 4) is 11.4 Å². The molecule has 2 aromatic rings. The Hall–Kier alpha value is -1.62. The molecule has 0 aromatic carbocycles. The van der Waals surface area contributed by atoms with Gasteiger partial charge in [0.15, 0.2) is 0 Å². The van der Waals surface area contributed by atoms with E-state index in [9.17, 15) is 0 Å². The molecule has 0 fully saturated rings. The van der Waals surface area contributed by atoms with E-state index in [1.807, 2.05) is 6.92 Å². The van der Waals surface area contributed by atoms with E-state index in [2.05, 4.69) is 10.1 Å². The summed E-state index contributed by atoms with van der Waals surface area (Å²) in [6.45, 7) is 1.97. The molecule has 2 aromatic heterocycles. The van der Waals surface area contributed by atoms with Gasteiger partial charge in [-0.2, -0.15) is 4.98 Å². The van der Waals surface area contributed by atoms with E-state index in [4.69, 9.17) is 14.0 Å². The third-order valence-electron chi connectivity index (χ3n) is 2.12. The molecule has 2 heterocycles. The molecule has 5 nitrogen and oxygen atoms in total. The number of hydrogen-bond acceptors (Lipinski definition) is 5. The fourth-order valence-corrected chi connectivity index (χ4v) is 1.31. The van der Waals surface area contributed by atoms with Gasteiger partial charge in [-0.25, -0.2) is 0 Å². The van der Waals surface area contributed by atoms with Crippen molar-refractivity contribution in [3.05, 3.63) is 24.0 Å². The number of aliphatic hydroxyl groups is 1. The Balaban J connectivity index is 2.17. The number of aromatic nitrogens is 2. The quantitative estimate of drug-likeness (QED) is 0.825. The van der Waals surface area contributed by atoms with Crippen LogP contribution in [0.1, 0.15) is 18.1 Å². The summed E-state index contributed by atoms with van der Waals surface area (Å²) < 4.78 is 10.2. The fraction of sp³-hybridized carbons (Fsp3) is 0.400. The summed E-state index contributed by atoms with van der Waals surface area (Å²) in [6, 6.07) is 1.80. The number of furan rings is 1. The van der Waals surface area contributed by atoms with Gasteiger partial charge in [0.1, 0.15) is 5.76 Å². The topological polar surface area (TPSA) is 72.3 Å². The van der Waals surface area contributed by atoms with Gasteiger partial charge in [-0.05, 0) is 19.4 Å². The summed E-state index contributed by atoms with van der Waals surface area (Å²) in [5, 5.41) is 12.5. The summed E-state index contributed by atoms with van der Waals surface area (Å²) in [7, 11) is 0. The van der Waals surface area contributed by atoms with Gasteiger partial charge >= 0.3 is 0 Å². The minimum absolute atomic E-state index is 0.127. The van der Waals surface area contributed by atoms with E-state index in [-0.39, 0.29) is 6.61 Å². The van der Waals surface area contributed by atoms with Crippen LogP contribution in [0.15, 0.2) is 21.3 Å². The Morgan fingerprint density at radius 1 is 1.47 bits per heavy atom. The van der Waals surface area contributed by atoms with Crippen LogP contribution in [-0.2, 0) is 6.42 Å². The van der Waals surface area contributed by atoms with E-state index in [0.717, 1.165) is 11.3 Å². The molecule has 2 rings (SSSR count). The predicted molar refractivity (Wildman–Crippen MR) is 52.1 cm³/mol. The second kappa shape index (κ2) is 4.27. The molecule has 0 amide bonds. The van der Waals surface area contributed by atoms with Crippen molar-refractivity contribution in [1.29, 1.82) is 0 Å². The van der Waals surface area contributed by atoms with E-state index >= 15 is 0 Å². The van der Waals surface area contributed by atoms with Crippen molar-refractivity contribution in [2.75, 3.05) is 6.61 Å². The van der Waals surface area contributed by atoms with E-state index in [0.29, 0.717) is 24.6 Å². The summed E-state index contributed by atoms with van der Waals surface area (Å²) in [4.78, 5) is 4.20. The molecule has 0 radical (unpaired) electrons. The zero-order valence-corrected chi connectivity index (χ0v) is 8.43. The highest BCUT2D eigenvalue weighted by Crippen LogP contribution is 2.21. The number of rotatable bonds is 4. The first-order valence-corrected chi connectivity index (χ1v) is 4.79. The maximum Gasteiger partial charge on any atom is 0.227 e. The van der Waals surface area contributed by atoms with Gasteiger partial charge in [0.2, 0.25) is 11.7 Å². The average Bonchev–Trinajstić information content (AvgIpc) is 2.83. The molecule has 1 N–H and O–H groups in total. The van der Waals surface area contributed by atoms with Crippen molar-refractivity contribution in [2.24, 2.45) is 0 Å². The smallest absolute Gasteiger partial charge is 0.227 e. The van der Waals surface area contributed by atoms with Crippen LogP contribution >= 0.6 is 0 Å².